The molecule has 1 heterocycles. The Morgan fingerprint density at radius 3 is 2.92 bits per heavy atom. The Balaban J connectivity index is 2.44. The van der Waals surface area contributed by atoms with Crippen LogP contribution in [0.5, 0.6) is 0 Å². The Bertz CT molecular complexity index is 220. The van der Waals surface area contributed by atoms with Crippen LogP contribution in [-0.2, 0) is 0 Å². The lowest BCUT2D eigenvalue weighted by atomic mass is 10.2. The van der Waals surface area contributed by atoms with E-state index in [4.69, 9.17) is 0 Å². The third-order valence-electron chi connectivity index (χ3n) is 2.07. The van der Waals surface area contributed by atoms with E-state index in [-0.39, 0.29) is 0 Å². The lowest BCUT2D eigenvalue weighted by Crippen LogP contribution is -2.33. The second kappa shape index (κ2) is 5.62. The molecule has 0 aliphatic heterocycles. The van der Waals surface area contributed by atoms with Crippen LogP contribution in [0, 0.1) is 0 Å². The average Bonchev–Trinajstić information content (AvgIpc) is 2.59. The molecule has 2 nitrogen and oxygen atoms in total. The van der Waals surface area contributed by atoms with Crippen LogP contribution in [0.2, 0.25) is 0 Å². The van der Waals surface area contributed by atoms with Crippen molar-refractivity contribution in [2.75, 3.05) is 7.05 Å². The van der Waals surface area contributed by atoms with E-state index < -0.39 is 0 Å². The SMILES string of the molecule is CCC(NC)C(C)Sc1nccs1. The maximum absolute atomic E-state index is 4.26. The van der Waals surface area contributed by atoms with Crippen molar-refractivity contribution in [3.63, 3.8) is 0 Å². The molecule has 1 rings (SSSR count). The summed E-state index contributed by atoms with van der Waals surface area (Å²) in [6.07, 6.45) is 3.02. The van der Waals surface area contributed by atoms with Gasteiger partial charge in [0.2, 0.25) is 0 Å². The second-order valence-corrected chi connectivity index (χ2v) is 5.44. The van der Waals surface area contributed by atoms with Gasteiger partial charge in [-0.2, -0.15) is 0 Å². The zero-order valence-electron chi connectivity index (χ0n) is 8.28. The number of hydrogen-bond acceptors (Lipinski definition) is 4. The highest BCUT2D eigenvalue weighted by Crippen LogP contribution is 2.27. The number of thiazole rings is 1. The number of rotatable bonds is 5. The summed E-state index contributed by atoms with van der Waals surface area (Å²) in [6.45, 7) is 4.46. The molecule has 0 radical (unpaired) electrons. The van der Waals surface area contributed by atoms with E-state index in [1.807, 2.05) is 30.4 Å². The van der Waals surface area contributed by atoms with Crippen LogP contribution in [0.15, 0.2) is 15.9 Å². The Morgan fingerprint density at radius 1 is 1.69 bits per heavy atom. The predicted molar refractivity (Wildman–Crippen MR) is 60.6 cm³/mol. The first kappa shape index (κ1) is 11.0. The predicted octanol–water partition coefficient (Wildman–Crippen LogP) is 2.62. The summed E-state index contributed by atoms with van der Waals surface area (Å²) in [7, 11) is 2.02. The summed E-state index contributed by atoms with van der Waals surface area (Å²) in [5.41, 5.74) is 0. The summed E-state index contributed by atoms with van der Waals surface area (Å²) in [5.74, 6) is 0. The van der Waals surface area contributed by atoms with Gasteiger partial charge in [-0.25, -0.2) is 4.98 Å². The molecule has 0 aliphatic carbocycles. The topological polar surface area (TPSA) is 24.9 Å². The zero-order valence-corrected chi connectivity index (χ0v) is 9.91. The van der Waals surface area contributed by atoms with Gasteiger partial charge in [-0.15, -0.1) is 11.3 Å². The number of nitrogens with zero attached hydrogens (tertiary/aromatic N) is 1. The first-order chi connectivity index (χ1) is 6.27. The fourth-order valence-corrected chi connectivity index (χ4v) is 3.42. The van der Waals surface area contributed by atoms with E-state index in [9.17, 15) is 0 Å². The lowest BCUT2D eigenvalue weighted by molar-refractivity contribution is 0.541. The van der Waals surface area contributed by atoms with Crippen LogP contribution < -0.4 is 5.32 Å². The van der Waals surface area contributed by atoms with Gasteiger partial charge in [-0.1, -0.05) is 25.6 Å². The fourth-order valence-electron chi connectivity index (χ4n) is 1.28. The molecule has 0 saturated carbocycles. The first-order valence-corrected chi connectivity index (χ1v) is 6.27. The molecule has 2 unspecified atom stereocenters. The summed E-state index contributed by atoms with van der Waals surface area (Å²) >= 11 is 3.57. The van der Waals surface area contributed by atoms with Gasteiger partial charge in [0.15, 0.2) is 0 Å². The normalized spacial score (nSPS) is 15.6. The molecule has 74 valence electrons. The summed E-state index contributed by atoms with van der Waals surface area (Å²) in [5, 5.41) is 5.93. The smallest absolute Gasteiger partial charge is 0.150 e. The molecule has 0 bridgehead atoms. The van der Waals surface area contributed by atoms with Crippen molar-refractivity contribution in [2.45, 2.75) is 35.9 Å². The van der Waals surface area contributed by atoms with Gasteiger partial charge in [0.05, 0.1) is 0 Å². The van der Waals surface area contributed by atoms with Crippen LogP contribution >= 0.6 is 23.1 Å². The summed E-state index contributed by atoms with van der Waals surface area (Å²) < 4.78 is 1.17. The summed E-state index contributed by atoms with van der Waals surface area (Å²) in [4.78, 5) is 4.26. The van der Waals surface area contributed by atoms with Crippen LogP contribution in [0.4, 0.5) is 0 Å². The van der Waals surface area contributed by atoms with Crippen molar-refractivity contribution in [3.8, 4) is 0 Å². The van der Waals surface area contributed by atoms with Crippen molar-refractivity contribution in [3.05, 3.63) is 11.6 Å². The molecule has 4 heteroatoms. The third kappa shape index (κ3) is 3.29. The van der Waals surface area contributed by atoms with Crippen molar-refractivity contribution in [2.24, 2.45) is 0 Å². The highest BCUT2D eigenvalue weighted by atomic mass is 32.2. The van der Waals surface area contributed by atoms with Crippen molar-refractivity contribution < 1.29 is 0 Å². The minimum absolute atomic E-state index is 0.578. The molecule has 1 N–H and O–H groups in total. The fraction of sp³-hybridized carbons (Fsp3) is 0.667. The first-order valence-electron chi connectivity index (χ1n) is 4.51. The van der Waals surface area contributed by atoms with E-state index in [2.05, 4.69) is 24.1 Å². The van der Waals surface area contributed by atoms with Crippen LogP contribution in [0.1, 0.15) is 20.3 Å². The van der Waals surface area contributed by atoms with Gasteiger partial charge >= 0.3 is 0 Å². The van der Waals surface area contributed by atoms with E-state index >= 15 is 0 Å². The number of thioether (sulfide) groups is 1. The van der Waals surface area contributed by atoms with E-state index in [1.165, 1.54) is 4.34 Å². The molecule has 13 heavy (non-hydrogen) atoms. The monoisotopic (exact) mass is 216 g/mol. The average molecular weight is 216 g/mol. The molecule has 0 saturated heterocycles. The molecule has 2 atom stereocenters. The maximum atomic E-state index is 4.26. The van der Waals surface area contributed by atoms with Gasteiger partial charge in [-0.3, -0.25) is 0 Å². The largest absolute Gasteiger partial charge is 0.316 e. The van der Waals surface area contributed by atoms with E-state index in [0.29, 0.717) is 11.3 Å². The highest BCUT2D eigenvalue weighted by Gasteiger charge is 2.15. The van der Waals surface area contributed by atoms with E-state index in [1.54, 1.807) is 11.3 Å². The van der Waals surface area contributed by atoms with Crippen molar-refractivity contribution in [1.29, 1.82) is 0 Å². The molecule has 1 aromatic heterocycles. The maximum Gasteiger partial charge on any atom is 0.150 e. The van der Waals surface area contributed by atoms with Gasteiger partial charge in [0, 0.05) is 22.9 Å². The Labute approximate surface area is 88.2 Å². The molecule has 0 aliphatic rings. The van der Waals surface area contributed by atoms with Crippen LogP contribution in [0.25, 0.3) is 0 Å². The molecule has 0 aromatic carbocycles. The standard InChI is InChI=1S/C9H16N2S2/c1-4-8(10-3)7(2)13-9-11-5-6-12-9/h5-8,10H,4H2,1-3H3. The van der Waals surface area contributed by atoms with Gasteiger partial charge in [-0.05, 0) is 13.5 Å². The van der Waals surface area contributed by atoms with E-state index in [0.717, 1.165) is 6.42 Å². The molecular weight excluding hydrogens is 200 g/mol. The van der Waals surface area contributed by atoms with Crippen molar-refractivity contribution >= 4 is 23.1 Å². The second-order valence-electron chi connectivity index (χ2n) is 2.92. The zero-order chi connectivity index (χ0) is 9.68. The highest BCUT2D eigenvalue weighted by molar-refractivity contribution is 8.01. The van der Waals surface area contributed by atoms with Gasteiger partial charge < -0.3 is 5.32 Å². The summed E-state index contributed by atoms with van der Waals surface area (Å²) in [6, 6.07) is 0.578. The van der Waals surface area contributed by atoms with Crippen LogP contribution in [0.3, 0.4) is 0 Å². The third-order valence-corrected chi connectivity index (χ3v) is 4.22. The number of nitrogens with one attached hydrogen (secondary N) is 1. The molecular formula is C9H16N2S2. The minimum atomic E-state index is 0.578. The molecule has 1 aromatic rings. The number of hydrogen-bond donors (Lipinski definition) is 1. The van der Waals surface area contributed by atoms with Gasteiger partial charge in [0.25, 0.3) is 0 Å². The molecule has 0 amide bonds. The molecule has 0 spiro atoms. The Kier molecular flexibility index (Phi) is 4.77. The Hall–Kier alpha value is -0.0600. The minimum Gasteiger partial charge on any atom is -0.316 e. The quantitative estimate of drug-likeness (QED) is 0.766. The van der Waals surface area contributed by atoms with Crippen molar-refractivity contribution in [1.82, 2.24) is 10.3 Å². The van der Waals surface area contributed by atoms with Gasteiger partial charge in [0.1, 0.15) is 4.34 Å². The van der Waals surface area contributed by atoms with Crippen LogP contribution in [-0.4, -0.2) is 23.3 Å². The molecule has 0 fully saturated rings. The lowest BCUT2D eigenvalue weighted by Gasteiger charge is -2.20. The number of aromatic nitrogens is 1. The Morgan fingerprint density at radius 2 is 2.46 bits per heavy atom.